The smallest absolute Gasteiger partial charge is 0.123 e. The van der Waals surface area contributed by atoms with Crippen LogP contribution in [0.4, 0.5) is 10.1 Å². The van der Waals surface area contributed by atoms with E-state index in [9.17, 15) is 4.39 Å². The second-order valence-electron chi connectivity index (χ2n) is 5.71. The van der Waals surface area contributed by atoms with Crippen molar-refractivity contribution < 1.29 is 4.39 Å². The molecule has 0 fully saturated rings. The van der Waals surface area contributed by atoms with E-state index in [0.717, 1.165) is 33.2 Å². The molecule has 0 atom stereocenters. The lowest BCUT2D eigenvalue weighted by atomic mass is 10.2. The van der Waals surface area contributed by atoms with Gasteiger partial charge < -0.3 is 0 Å². The van der Waals surface area contributed by atoms with Crippen molar-refractivity contribution in [2.24, 2.45) is 5.10 Å². The highest BCUT2D eigenvalue weighted by Crippen LogP contribution is 2.19. The molecular weight excluding hydrogens is 339 g/mol. The zero-order valence-electron chi connectivity index (χ0n) is 14.0. The highest BCUT2D eigenvalue weighted by Gasteiger charge is 2.11. The Morgan fingerprint density at radius 3 is 2.60 bits per heavy atom. The molecule has 2 aromatic carbocycles. The quantitative estimate of drug-likeness (QED) is 0.527. The van der Waals surface area contributed by atoms with Gasteiger partial charge in [-0.2, -0.15) is 10.2 Å². The predicted octanol–water partition coefficient (Wildman–Crippen LogP) is 4.79. The van der Waals surface area contributed by atoms with Crippen molar-refractivity contribution in [1.82, 2.24) is 9.78 Å². The molecule has 25 heavy (non-hydrogen) atoms. The van der Waals surface area contributed by atoms with E-state index >= 15 is 0 Å². The Kier molecular flexibility index (Phi) is 5.14. The number of halogens is 2. The van der Waals surface area contributed by atoms with Crippen molar-refractivity contribution in [3.63, 3.8) is 0 Å². The summed E-state index contributed by atoms with van der Waals surface area (Å²) in [6, 6.07) is 13.8. The van der Waals surface area contributed by atoms with Gasteiger partial charge in [-0.25, -0.2) is 4.39 Å². The molecule has 4 nitrogen and oxygen atoms in total. The molecular formula is C19H18ClFN4. The molecule has 6 heteroatoms. The molecule has 0 bridgehead atoms. The topological polar surface area (TPSA) is 42.2 Å². The lowest BCUT2D eigenvalue weighted by Crippen LogP contribution is -2.05. The third kappa shape index (κ3) is 4.06. The number of hydrogen-bond donors (Lipinski definition) is 1. The van der Waals surface area contributed by atoms with Crippen molar-refractivity contribution in [1.29, 1.82) is 0 Å². The molecule has 3 aromatic rings. The van der Waals surface area contributed by atoms with Crippen LogP contribution >= 0.6 is 11.6 Å². The van der Waals surface area contributed by atoms with Crippen LogP contribution in [0.3, 0.4) is 0 Å². The fraction of sp³-hybridized carbons (Fsp3) is 0.158. The van der Waals surface area contributed by atoms with E-state index in [2.05, 4.69) is 15.6 Å². The van der Waals surface area contributed by atoms with Gasteiger partial charge in [-0.1, -0.05) is 29.8 Å². The van der Waals surface area contributed by atoms with Crippen LogP contribution in [0.1, 0.15) is 22.5 Å². The average molecular weight is 357 g/mol. The Hall–Kier alpha value is -2.66. The maximum Gasteiger partial charge on any atom is 0.123 e. The number of benzene rings is 2. The molecule has 0 radical (unpaired) electrons. The second kappa shape index (κ2) is 7.49. The van der Waals surface area contributed by atoms with Crippen LogP contribution in [0.15, 0.2) is 53.6 Å². The average Bonchev–Trinajstić information content (AvgIpc) is 2.86. The first-order chi connectivity index (χ1) is 12.0. The first kappa shape index (κ1) is 17.2. The molecule has 1 aromatic heterocycles. The van der Waals surface area contributed by atoms with Gasteiger partial charge in [0.2, 0.25) is 0 Å². The van der Waals surface area contributed by atoms with E-state index < -0.39 is 0 Å². The Morgan fingerprint density at radius 2 is 1.88 bits per heavy atom. The summed E-state index contributed by atoms with van der Waals surface area (Å²) in [6.07, 6.45) is 1.73. The van der Waals surface area contributed by atoms with Crippen LogP contribution in [0, 0.1) is 19.7 Å². The molecule has 3 rings (SSSR count). The predicted molar refractivity (Wildman–Crippen MR) is 99.9 cm³/mol. The number of rotatable bonds is 5. The molecule has 0 spiro atoms. The number of aromatic nitrogens is 2. The van der Waals surface area contributed by atoms with Crippen molar-refractivity contribution in [3.8, 4) is 0 Å². The third-order valence-electron chi connectivity index (χ3n) is 3.95. The summed E-state index contributed by atoms with van der Waals surface area (Å²) in [6.45, 7) is 4.54. The van der Waals surface area contributed by atoms with Gasteiger partial charge in [0.1, 0.15) is 5.82 Å². The van der Waals surface area contributed by atoms with E-state index in [1.165, 1.54) is 12.1 Å². The lowest BCUT2D eigenvalue weighted by Gasteiger charge is -2.06. The van der Waals surface area contributed by atoms with Crippen molar-refractivity contribution in [2.75, 3.05) is 5.43 Å². The first-order valence-corrected chi connectivity index (χ1v) is 8.24. The molecule has 0 aliphatic heterocycles. The summed E-state index contributed by atoms with van der Waals surface area (Å²) in [5.74, 6) is -0.276. The first-order valence-electron chi connectivity index (χ1n) is 7.86. The Bertz CT molecular complexity index is 900. The highest BCUT2D eigenvalue weighted by atomic mass is 35.5. The number of hydrazone groups is 1. The second-order valence-corrected chi connectivity index (χ2v) is 6.12. The van der Waals surface area contributed by atoms with Crippen LogP contribution in [-0.4, -0.2) is 16.0 Å². The fourth-order valence-corrected chi connectivity index (χ4v) is 2.73. The van der Waals surface area contributed by atoms with Gasteiger partial charge in [0.05, 0.1) is 24.1 Å². The SMILES string of the molecule is Cc1nn(Cc2ccccc2Cl)c(C)c1/C=N/Nc1ccc(F)cc1. The van der Waals surface area contributed by atoms with Crippen molar-refractivity contribution in [2.45, 2.75) is 20.4 Å². The van der Waals surface area contributed by atoms with Gasteiger partial charge in [0, 0.05) is 16.3 Å². The van der Waals surface area contributed by atoms with Crippen LogP contribution in [0.5, 0.6) is 0 Å². The van der Waals surface area contributed by atoms with Gasteiger partial charge in [-0.3, -0.25) is 10.1 Å². The fourth-order valence-electron chi connectivity index (χ4n) is 2.54. The zero-order chi connectivity index (χ0) is 17.8. The monoisotopic (exact) mass is 356 g/mol. The van der Waals surface area contributed by atoms with Crippen LogP contribution in [0.25, 0.3) is 0 Å². The molecule has 1 heterocycles. The minimum absolute atomic E-state index is 0.276. The molecule has 0 aliphatic rings. The lowest BCUT2D eigenvalue weighted by molar-refractivity contribution is 0.628. The zero-order valence-corrected chi connectivity index (χ0v) is 14.8. The standard InChI is InChI=1S/C19H18ClFN4/c1-13-18(11-22-23-17-9-7-16(21)8-10-17)14(2)25(24-13)12-15-5-3-4-6-19(15)20/h3-11,23H,12H2,1-2H3/b22-11+. The molecule has 0 saturated heterocycles. The third-order valence-corrected chi connectivity index (χ3v) is 4.32. The summed E-state index contributed by atoms with van der Waals surface area (Å²) in [5, 5.41) is 9.52. The summed E-state index contributed by atoms with van der Waals surface area (Å²) in [5.41, 5.74) is 7.45. The van der Waals surface area contributed by atoms with E-state index in [1.807, 2.05) is 42.8 Å². The van der Waals surface area contributed by atoms with Crippen LogP contribution in [-0.2, 0) is 6.54 Å². The summed E-state index contributed by atoms with van der Waals surface area (Å²) in [7, 11) is 0. The summed E-state index contributed by atoms with van der Waals surface area (Å²) in [4.78, 5) is 0. The highest BCUT2D eigenvalue weighted by molar-refractivity contribution is 6.31. The van der Waals surface area contributed by atoms with E-state index in [1.54, 1.807) is 18.3 Å². The van der Waals surface area contributed by atoms with Gasteiger partial charge in [-0.05, 0) is 49.7 Å². The normalized spacial score (nSPS) is 11.2. The number of hydrogen-bond acceptors (Lipinski definition) is 3. The largest absolute Gasteiger partial charge is 0.278 e. The number of aryl methyl sites for hydroxylation is 1. The van der Waals surface area contributed by atoms with Gasteiger partial charge in [0.15, 0.2) is 0 Å². The molecule has 1 N–H and O–H groups in total. The summed E-state index contributed by atoms with van der Waals surface area (Å²) >= 11 is 6.23. The van der Waals surface area contributed by atoms with Crippen molar-refractivity contribution in [3.05, 3.63) is 81.9 Å². The van der Waals surface area contributed by atoms with Gasteiger partial charge in [-0.15, -0.1) is 0 Å². The number of nitrogens with zero attached hydrogens (tertiary/aromatic N) is 3. The minimum atomic E-state index is -0.276. The van der Waals surface area contributed by atoms with Crippen LogP contribution in [0.2, 0.25) is 5.02 Å². The Labute approximate surface area is 150 Å². The van der Waals surface area contributed by atoms with Gasteiger partial charge >= 0.3 is 0 Å². The molecule has 128 valence electrons. The number of anilines is 1. The molecule has 0 saturated carbocycles. The molecule has 0 amide bonds. The maximum absolute atomic E-state index is 12.9. The minimum Gasteiger partial charge on any atom is -0.278 e. The van der Waals surface area contributed by atoms with E-state index in [-0.39, 0.29) is 5.82 Å². The summed E-state index contributed by atoms with van der Waals surface area (Å²) < 4.78 is 14.8. The van der Waals surface area contributed by atoms with E-state index in [0.29, 0.717) is 6.54 Å². The Balaban J connectivity index is 1.76. The molecule has 0 aliphatic carbocycles. The van der Waals surface area contributed by atoms with Gasteiger partial charge in [0.25, 0.3) is 0 Å². The molecule has 0 unspecified atom stereocenters. The maximum atomic E-state index is 12.9. The van der Waals surface area contributed by atoms with Crippen molar-refractivity contribution >= 4 is 23.5 Å². The van der Waals surface area contributed by atoms with Crippen LogP contribution < -0.4 is 5.43 Å². The number of nitrogens with one attached hydrogen (secondary N) is 1. The Morgan fingerprint density at radius 1 is 1.16 bits per heavy atom. The van der Waals surface area contributed by atoms with E-state index in [4.69, 9.17) is 11.6 Å².